The molecule has 4 rings (SSSR count). The Morgan fingerprint density at radius 2 is 1.80 bits per heavy atom. The van der Waals surface area contributed by atoms with Crippen LogP contribution in [0.2, 0.25) is 0 Å². The summed E-state index contributed by atoms with van der Waals surface area (Å²) in [6.07, 6.45) is 2.88. The molecule has 1 unspecified atom stereocenters. The van der Waals surface area contributed by atoms with Gasteiger partial charge >= 0.3 is 0 Å². The van der Waals surface area contributed by atoms with Crippen LogP contribution >= 0.6 is 0 Å². The van der Waals surface area contributed by atoms with Crippen molar-refractivity contribution >= 4 is 5.91 Å². The highest BCUT2D eigenvalue weighted by molar-refractivity contribution is 5.95. The first-order valence-electron chi connectivity index (χ1n) is 10.6. The largest absolute Gasteiger partial charge is 0.493 e. The van der Waals surface area contributed by atoms with Gasteiger partial charge in [0.2, 0.25) is 0 Å². The Balaban J connectivity index is 1.43. The summed E-state index contributed by atoms with van der Waals surface area (Å²) in [5.74, 6) is 1.02. The van der Waals surface area contributed by atoms with Crippen molar-refractivity contribution in [2.24, 2.45) is 0 Å². The Morgan fingerprint density at radius 3 is 2.53 bits per heavy atom. The number of benzene rings is 2. The van der Waals surface area contributed by atoms with Crippen LogP contribution in [0, 0.1) is 5.82 Å². The third kappa shape index (κ3) is 4.43. The van der Waals surface area contributed by atoms with Gasteiger partial charge in [-0.2, -0.15) is 0 Å². The number of carbonyl (C=O) groups excluding carboxylic acids is 1. The number of halogens is 1. The molecular formula is C24H29FN2O3. The number of piperidine rings is 1. The van der Waals surface area contributed by atoms with Crippen molar-refractivity contribution in [3.63, 3.8) is 0 Å². The monoisotopic (exact) mass is 412 g/mol. The van der Waals surface area contributed by atoms with Gasteiger partial charge in [0.15, 0.2) is 11.5 Å². The molecule has 0 saturated carbocycles. The summed E-state index contributed by atoms with van der Waals surface area (Å²) in [6.45, 7) is 3.17. The Morgan fingerprint density at radius 1 is 1.03 bits per heavy atom. The molecule has 2 heterocycles. The lowest BCUT2D eigenvalue weighted by molar-refractivity contribution is 0.0790. The lowest BCUT2D eigenvalue weighted by atomic mass is 9.98. The number of ether oxygens (including phenoxy) is 2. The van der Waals surface area contributed by atoms with Crippen molar-refractivity contribution in [1.29, 1.82) is 0 Å². The molecule has 1 amide bonds. The predicted molar refractivity (Wildman–Crippen MR) is 114 cm³/mol. The molecule has 2 aliphatic rings. The van der Waals surface area contributed by atoms with Crippen molar-refractivity contribution in [3.8, 4) is 11.5 Å². The average molecular weight is 413 g/mol. The second-order valence-electron chi connectivity index (χ2n) is 8.24. The van der Waals surface area contributed by atoms with Gasteiger partial charge in [-0.1, -0.05) is 18.2 Å². The number of carbonyl (C=O) groups is 1. The van der Waals surface area contributed by atoms with Crippen molar-refractivity contribution in [2.45, 2.75) is 31.3 Å². The van der Waals surface area contributed by atoms with E-state index in [0.29, 0.717) is 35.7 Å². The SMILES string of the molecule is COc1cc(C(=O)N2CCC(c3ccccc3F)C2)ccc1OC1CCN(C)CC1. The van der Waals surface area contributed by atoms with E-state index >= 15 is 0 Å². The maximum absolute atomic E-state index is 14.1. The first kappa shape index (κ1) is 20.7. The van der Waals surface area contributed by atoms with E-state index in [4.69, 9.17) is 9.47 Å². The van der Waals surface area contributed by atoms with Gasteiger partial charge in [0.05, 0.1) is 7.11 Å². The van der Waals surface area contributed by atoms with E-state index < -0.39 is 0 Å². The molecule has 2 saturated heterocycles. The molecule has 0 aliphatic carbocycles. The third-order valence-corrected chi connectivity index (χ3v) is 6.19. The number of rotatable bonds is 5. The van der Waals surface area contributed by atoms with Crippen molar-refractivity contribution in [2.75, 3.05) is 40.3 Å². The zero-order chi connectivity index (χ0) is 21.1. The maximum atomic E-state index is 14.1. The molecule has 0 bridgehead atoms. The molecule has 1 atom stereocenters. The summed E-state index contributed by atoms with van der Waals surface area (Å²) >= 11 is 0. The van der Waals surface area contributed by atoms with Crippen LogP contribution in [0.25, 0.3) is 0 Å². The lowest BCUT2D eigenvalue weighted by Gasteiger charge is -2.29. The molecule has 0 spiro atoms. The summed E-state index contributed by atoms with van der Waals surface area (Å²) in [5, 5.41) is 0. The van der Waals surface area contributed by atoms with Crippen LogP contribution in [0.5, 0.6) is 11.5 Å². The van der Waals surface area contributed by atoms with Crippen LogP contribution in [0.15, 0.2) is 42.5 Å². The minimum atomic E-state index is -0.200. The normalized spacial score (nSPS) is 20.4. The Hall–Kier alpha value is -2.60. The van der Waals surface area contributed by atoms with E-state index in [9.17, 15) is 9.18 Å². The Kier molecular flexibility index (Phi) is 6.23. The molecule has 0 radical (unpaired) electrons. The van der Waals surface area contributed by atoms with Gasteiger partial charge in [-0.05, 0) is 56.1 Å². The van der Waals surface area contributed by atoms with E-state index in [-0.39, 0.29) is 23.7 Å². The molecule has 2 aliphatic heterocycles. The van der Waals surface area contributed by atoms with Gasteiger partial charge in [-0.3, -0.25) is 4.79 Å². The van der Waals surface area contributed by atoms with Crippen LogP contribution in [-0.2, 0) is 0 Å². The molecule has 2 aromatic carbocycles. The van der Waals surface area contributed by atoms with Gasteiger partial charge in [-0.25, -0.2) is 4.39 Å². The van der Waals surface area contributed by atoms with Crippen LogP contribution in [0.3, 0.4) is 0 Å². The highest BCUT2D eigenvalue weighted by Crippen LogP contribution is 2.33. The first-order valence-corrected chi connectivity index (χ1v) is 10.6. The summed E-state index contributed by atoms with van der Waals surface area (Å²) in [4.78, 5) is 17.1. The highest BCUT2D eigenvalue weighted by Gasteiger charge is 2.30. The van der Waals surface area contributed by atoms with Crippen LogP contribution in [0.4, 0.5) is 4.39 Å². The second-order valence-corrected chi connectivity index (χ2v) is 8.24. The Bertz CT molecular complexity index is 896. The summed E-state index contributed by atoms with van der Waals surface area (Å²) in [6, 6.07) is 12.2. The number of likely N-dealkylation sites (tertiary alicyclic amines) is 2. The molecule has 2 aromatic rings. The predicted octanol–water partition coefficient (Wildman–Crippen LogP) is 3.94. The molecule has 6 heteroatoms. The molecule has 0 aromatic heterocycles. The van der Waals surface area contributed by atoms with E-state index in [2.05, 4.69) is 11.9 Å². The molecule has 0 N–H and O–H groups in total. The number of nitrogens with zero attached hydrogens (tertiary/aromatic N) is 2. The number of amides is 1. The maximum Gasteiger partial charge on any atom is 0.254 e. The topological polar surface area (TPSA) is 42.0 Å². The van der Waals surface area contributed by atoms with Crippen molar-refractivity contribution in [3.05, 3.63) is 59.4 Å². The fraction of sp³-hybridized carbons (Fsp3) is 0.458. The number of hydrogen-bond acceptors (Lipinski definition) is 4. The smallest absolute Gasteiger partial charge is 0.254 e. The van der Waals surface area contributed by atoms with E-state index in [0.717, 1.165) is 32.4 Å². The minimum absolute atomic E-state index is 0.0316. The Labute approximate surface area is 177 Å². The van der Waals surface area contributed by atoms with Crippen molar-refractivity contribution < 1.29 is 18.7 Å². The summed E-state index contributed by atoms with van der Waals surface area (Å²) in [7, 11) is 3.71. The highest BCUT2D eigenvalue weighted by atomic mass is 19.1. The fourth-order valence-corrected chi connectivity index (χ4v) is 4.37. The van der Waals surface area contributed by atoms with Crippen molar-refractivity contribution in [1.82, 2.24) is 9.80 Å². The zero-order valence-electron chi connectivity index (χ0n) is 17.6. The third-order valence-electron chi connectivity index (χ3n) is 6.19. The quantitative estimate of drug-likeness (QED) is 0.746. The summed E-state index contributed by atoms with van der Waals surface area (Å²) in [5.41, 5.74) is 1.25. The fourth-order valence-electron chi connectivity index (χ4n) is 4.37. The zero-order valence-corrected chi connectivity index (χ0v) is 17.6. The average Bonchev–Trinajstić information content (AvgIpc) is 3.25. The molecule has 5 nitrogen and oxygen atoms in total. The second kappa shape index (κ2) is 9.04. The van der Waals surface area contributed by atoms with E-state index in [1.165, 1.54) is 6.07 Å². The van der Waals surface area contributed by atoms with Gasteiger partial charge in [0.1, 0.15) is 11.9 Å². The van der Waals surface area contributed by atoms with Crippen LogP contribution in [0.1, 0.15) is 41.1 Å². The molecule has 2 fully saturated rings. The van der Waals surface area contributed by atoms with Gasteiger partial charge in [0.25, 0.3) is 5.91 Å². The lowest BCUT2D eigenvalue weighted by Crippen LogP contribution is -2.35. The molecule has 30 heavy (non-hydrogen) atoms. The van der Waals surface area contributed by atoms with Gasteiger partial charge in [0, 0.05) is 37.7 Å². The minimum Gasteiger partial charge on any atom is -0.493 e. The molecule has 160 valence electrons. The van der Waals surface area contributed by atoms with Gasteiger partial charge < -0.3 is 19.3 Å². The van der Waals surface area contributed by atoms with E-state index in [1.807, 2.05) is 18.2 Å². The molecular weight excluding hydrogens is 383 g/mol. The number of methoxy groups -OCH3 is 1. The first-order chi connectivity index (χ1) is 14.5. The number of hydrogen-bond donors (Lipinski definition) is 0. The van der Waals surface area contributed by atoms with E-state index in [1.54, 1.807) is 30.2 Å². The standard InChI is InChI=1S/C24H29FN2O3/c1-26-12-10-19(11-13-26)30-22-8-7-17(15-23(22)29-2)24(28)27-14-9-18(16-27)20-5-3-4-6-21(20)25/h3-8,15,18-19H,9-14,16H2,1-2H3. The summed E-state index contributed by atoms with van der Waals surface area (Å²) < 4.78 is 25.8. The van der Waals surface area contributed by atoms with Crippen LogP contribution < -0.4 is 9.47 Å². The van der Waals surface area contributed by atoms with Gasteiger partial charge in [-0.15, -0.1) is 0 Å². The van der Waals surface area contributed by atoms with Crippen LogP contribution in [-0.4, -0.2) is 62.1 Å².